The van der Waals surface area contributed by atoms with E-state index < -0.39 is 6.23 Å². The van der Waals surface area contributed by atoms with Gasteiger partial charge in [0.05, 0.1) is 11.7 Å². The number of hydrogen-bond donors (Lipinski definition) is 4. The molecule has 4 unspecified atom stereocenters. The molecule has 3 aliphatic heterocycles. The molecule has 6 heteroatoms. The number of allylic oxidation sites excluding steroid dienone is 4. The van der Waals surface area contributed by atoms with E-state index in [0.29, 0.717) is 6.04 Å². The molecule has 5 rings (SSSR count). The average molecular weight is 422 g/mol. The average Bonchev–Trinajstić information content (AvgIpc) is 3.26. The van der Waals surface area contributed by atoms with E-state index in [1.165, 1.54) is 17.7 Å². The van der Waals surface area contributed by atoms with Crippen LogP contribution in [0, 0.1) is 0 Å². The van der Waals surface area contributed by atoms with Crippen LogP contribution in [-0.4, -0.2) is 57.8 Å². The van der Waals surface area contributed by atoms with Gasteiger partial charge in [-0.15, -0.1) is 0 Å². The largest absolute Gasteiger partial charge is 0.376 e. The second-order valence-electron chi connectivity index (χ2n) is 9.04. The number of aromatic nitrogens is 1. The molecule has 0 spiro atoms. The van der Waals surface area contributed by atoms with Crippen LogP contribution in [0.5, 0.6) is 0 Å². The van der Waals surface area contributed by atoms with Crippen molar-refractivity contribution in [1.29, 1.82) is 0 Å². The Labute approximate surface area is 185 Å². The number of aliphatic hydroxyl groups is 1. The second-order valence-corrected chi connectivity index (χ2v) is 9.04. The van der Waals surface area contributed by atoms with Crippen molar-refractivity contribution < 1.29 is 5.11 Å². The third kappa shape index (κ3) is 4.52. The number of nitrogens with zero attached hydrogens (tertiary/aromatic N) is 2. The van der Waals surface area contributed by atoms with Gasteiger partial charge in [0.25, 0.3) is 0 Å². The van der Waals surface area contributed by atoms with Crippen molar-refractivity contribution in [3.63, 3.8) is 0 Å². The SMILES string of the molecule is OC1C(NC2=Cc3cc[nH]c3C(N3CCC=CCCC3)N2)CCN1C1C=CC=CCC1. The molecule has 1 aromatic rings. The minimum atomic E-state index is -0.478. The third-order valence-corrected chi connectivity index (χ3v) is 6.98. The van der Waals surface area contributed by atoms with Gasteiger partial charge in [-0.05, 0) is 50.7 Å². The summed E-state index contributed by atoms with van der Waals surface area (Å²) in [6.45, 7) is 3.04. The lowest BCUT2D eigenvalue weighted by Gasteiger charge is -2.37. The molecule has 0 saturated carbocycles. The molecule has 0 aromatic carbocycles. The number of H-pyrrole nitrogens is 1. The maximum atomic E-state index is 11.1. The molecule has 1 fully saturated rings. The highest BCUT2D eigenvalue weighted by Gasteiger charge is 2.37. The topological polar surface area (TPSA) is 66.6 Å². The van der Waals surface area contributed by atoms with Gasteiger partial charge in [0.2, 0.25) is 0 Å². The van der Waals surface area contributed by atoms with Crippen LogP contribution in [0.1, 0.15) is 55.9 Å². The Morgan fingerprint density at radius 1 is 1.00 bits per heavy atom. The summed E-state index contributed by atoms with van der Waals surface area (Å²) in [5.74, 6) is 1.01. The lowest BCUT2D eigenvalue weighted by Crippen LogP contribution is -2.49. The maximum absolute atomic E-state index is 11.1. The van der Waals surface area contributed by atoms with E-state index in [1.54, 1.807) is 0 Å². The van der Waals surface area contributed by atoms with Crippen LogP contribution in [0.15, 0.2) is 54.5 Å². The van der Waals surface area contributed by atoms with E-state index >= 15 is 0 Å². The quantitative estimate of drug-likeness (QED) is 0.562. The van der Waals surface area contributed by atoms with Gasteiger partial charge in [0, 0.05) is 37.4 Å². The summed E-state index contributed by atoms with van der Waals surface area (Å²) in [6, 6.07) is 2.48. The fraction of sp³-hybridized carbons (Fsp3) is 0.520. The van der Waals surface area contributed by atoms with Crippen LogP contribution in [0.25, 0.3) is 6.08 Å². The number of fused-ring (bicyclic) bond motifs is 1. The summed E-state index contributed by atoms with van der Waals surface area (Å²) in [5, 5.41) is 18.5. The molecule has 6 nitrogen and oxygen atoms in total. The second kappa shape index (κ2) is 9.47. The molecule has 0 amide bonds. The summed E-state index contributed by atoms with van der Waals surface area (Å²) in [6.07, 6.45) is 23.6. The molecule has 4 aliphatic rings. The Kier molecular flexibility index (Phi) is 6.30. The molecule has 4 N–H and O–H groups in total. The zero-order valence-corrected chi connectivity index (χ0v) is 18.2. The molecule has 4 atom stereocenters. The van der Waals surface area contributed by atoms with Gasteiger partial charge in [-0.3, -0.25) is 9.80 Å². The van der Waals surface area contributed by atoms with Gasteiger partial charge in [-0.25, -0.2) is 0 Å². The van der Waals surface area contributed by atoms with Gasteiger partial charge >= 0.3 is 0 Å². The fourth-order valence-electron chi connectivity index (χ4n) is 5.30. The lowest BCUT2D eigenvalue weighted by molar-refractivity contribution is 0.00403. The number of aliphatic hydroxyl groups excluding tert-OH is 1. The van der Waals surface area contributed by atoms with E-state index in [4.69, 9.17) is 0 Å². The van der Waals surface area contributed by atoms with Gasteiger partial charge < -0.3 is 20.7 Å². The van der Waals surface area contributed by atoms with E-state index in [-0.39, 0.29) is 12.2 Å². The number of likely N-dealkylation sites (tertiary alicyclic amines) is 1. The first-order valence-corrected chi connectivity index (χ1v) is 11.9. The summed E-state index contributed by atoms with van der Waals surface area (Å²) < 4.78 is 0. The van der Waals surface area contributed by atoms with Crippen molar-refractivity contribution >= 4 is 6.08 Å². The Bertz CT molecular complexity index is 869. The van der Waals surface area contributed by atoms with Crippen LogP contribution < -0.4 is 10.6 Å². The van der Waals surface area contributed by atoms with E-state index in [0.717, 1.165) is 57.6 Å². The fourth-order valence-corrected chi connectivity index (χ4v) is 5.30. The van der Waals surface area contributed by atoms with Gasteiger partial charge in [0.15, 0.2) is 0 Å². The molecular weight excluding hydrogens is 386 g/mol. The molecule has 1 aromatic heterocycles. The standard InChI is InChI=1S/C25H35N5O/c31-25-21(13-17-30(25)20-10-6-2-3-7-11-20)27-22-18-19-12-14-26-23(19)24(28-22)29-15-8-4-1-5-9-16-29/h1-4,6,10,12,14,18,20-21,24-28,31H,5,7-9,11,13,15-17H2. The van der Waals surface area contributed by atoms with Crippen LogP contribution in [-0.2, 0) is 0 Å². The Hall–Kier alpha value is -2.28. The maximum Gasteiger partial charge on any atom is 0.128 e. The molecule has 1 saturated heterocycles. The highest BCUT2D eigenvalue weighted by molar-refractivity contribution is 5.58. The lowest BCUT2D eigenvalue weighted by atomic mass is 10.1. The summed E-state index contributed by atoms with van der Waals surface area (Å²) in [5.41, 5.74) is 2.46. The number of nitrogens with one attached hydrogen (secondary N) is 3. The van der Waals surface area contributed by atoms with E-state index in [2.05, 4.69) is 74.0 Å². The first kappa shape index (κ1) is 20.6. The first-order chi connectivity index (χ1) is 15.3. The molecule has 31 heavy (non-hydrogen) atoms. The Morgan fingerprint density at radius 3 is 2.90 bits per heavy atom. The normalized spacial score (nSPS) is 32.0. The number of aromatic amines is 1. The predicted molar refractivity (Wildman–Crippen MR) is 125 cm³/mol. The van der Waals surface area contributed by atoms with Crippen molar-refractivity contribution in [3.8, 4) is 0 Å². The monoisotopic (exact) mass is 421 g/mol. The van der Waals surface area contributed by atoms with Crippen LogP contribution in [0.3, 0.4) is 0 Å². The molecule has 1 aliphatic carbocycles. The van der Waals surface area contributed by atoms with Gasteiger partial charge in [-0.1, -0.05) is 36.5 Å². The van der Waals surface area contributed by atoms with E-state index in [9.17, 15) is 5.11 Å². The zero-order chi connectivity index (χ0) is 21.0. The van der Waals surface area contributed by atoms with Crippen molar-refractivity contribution in [2.75, 3.05) is 19.6 Å². The van der Waals surface area contributed by atoms with Gasteiger partial charge in [0.1, 0.15) is 18.2 Å². The number of rotatable bonds is 4. The summed E-state index contributed by atoms with van der Waals surface area (Å²) in [7, 11) is 0. The van der Waals surface area contributed by atoms with E-state index in [1.807, 2.05) is 6.20 Å². The smallest absolute Gasteiger partial charge is 0.128 e. The molecule has 0 bridgehead atoms. The molecule has 166 valence electrons. The first-order valence-electron chi connectivity index (χ1n) is 11.9. The molecule has 4 heterocycles. The summed E-state index contributed by atoms with van der Waals surface area (Å²) in [4.78, 5) is 8.23. The minimum absolute atomic E-state index is 0.0276. The predicted octanol–water partition coefficient (Wildman–Crippen LogP) is 3.21. The highest BCUT2D eigenvalue weighted by Crippen LogP contribution is 2.30. The van der Waals surface area contributed by atoms with Gasteiger partial charge in [-0.2, -0.15) is 0 Å². The Morgan fingerprint density at radius 2 is 1.94 bits per heavy atom. The van der Waals surface area contributed by atoms with Crippen LogP contribution in [0.2, 0.25) is 0 Å². The Balaban J connectivity index is 1.28. The van der Waals surface area contributed by atoms with Crippen molar-refractivity contribution in [3.05, 3.63) is 65.8 Å². The van der Waals surface area contributed by atoms with Crippen LogP contribution >= 0.6 is 0 Å². The third-order valence-electron chi connectivity index (χ3n) is 6.98. The number of hydrogen-bond acceptors (Lipinski definition) is 5. The van der Waals surface area contributed by atoms with Crippen molar-refractivity contribution in [1.82, 2.24) is 25.4 Å². The van der Waals surface area contributed by atoms with Crippen LogP contribution in [0.4, 0.5) is 0 Å². The summed E-state index contributed by atoms with van der Waals surface area (Å²) >= 11 is 0. The molecular formula is C25H35N5O. The van der Waals surface area contributed by atoms with Crippen molar-refractivity contribution in [2.24, 2.45) is 0 Å². The zero-order valence-electron chi connectivity index (χ0n) is 18.2. The highest BCUT2D eigenvalue weighted by atomic mass is 16.3. The molecule has 0 radical (unpaired) electrons. The van der Waals surface area contributed by atoms with Crippen molar-refractivity contribution in [2.45, 2.75) is 63.0 Å². The minimum Gasteiger partial charge on any atom is -0.376 e.